The van der Waals surface area contributed by atoms with Crippen molar-refractivity contribution in [2.75, 3.05) is 5.32 Å². The molecule has 0 saturated heterocycles. The van der Waals surface area contributed by atoms with Crippen molar-refractivity contribution in [1.29, 1.82) is 0 Å². The molecule has 1 aromatic carbocycles. The highest BCUT2D eigenvalue weighted by atomic mass is 16.6. The van der Waals surface area contributed by atoms with Gasteiger partial charge in [0, 0.05) is 12.3 Å². The number of carbonyl (C=O) groups excluding carboxylic acids is 1. The zero-order valence-corrected chi connectivity index (χ0v) is 13.6. The number of nitrogens with one attached hydrogen (secondary N) is 1. The summed E-state index contributed by atoms with van der Waals surface area (Å²) in [5.74, 6) is 0.217. The van der Waals surface area contributed by atoms with Gasteiger partial charge in [-0.1, -0.05) is 12.1 Å². The number of nitro benzene ring substituents is 1. The fourth-order valence-corrected chi connectivity index (χ4v) is 2.49. The highest BCUT2D eigenvalue weighted by Crippen LogP contribution is 2.25. The second kappa shape index (κ2) is 6.52. The molecule has 0 atom stereocenters. The number of hydrogen-bond acceptors (Lipinski definition) is 5. The van der Waals surface area contributed by atoms with E-state index >= 15 is 0 Å². The third-order valence-electron chi connectivity index (χ3n) is 3.87. The predicted molar refractivity (Wildman–Crippen MR) is 91.9 cm³/mol. The first-order chi connectivity index (χ1) is 12.0. The molecule has 3 rings (SSSR count). The molecule has 0 spiro atoms. The van der Waals surface area contributed by atoms with E-state index in [0.717, 1.165) is 0 Å². The lowest BCUT2D eigenvalue weighted by molar-refractivity contribution is -0.385. The molecular weight excluding hydrogens is 322 g/mol. The summed E-state index contributed by atoms with van der Waals surface area (Å²) in [5.41, 5.74) is 1.74. The van der Waals surface area contributed by atoms with Crippen molar-refractivity contribution in [2.24, 2.45) is 0 Å². The summed E-state index contributed by atoms with van der Waals surface area (Å²) in [5, 5.41) is 17.9. The lowest BCUT2D eigenvalue weighted by Gasteiger charge is -2.08. The lowest BCUT2D eigenvalue weighted by Crippen LogP contribution is -2.14. The van der Waals surface area contributed by atoms with Crippen LogP contribution in [0.1, 0.15) is 21.6 Å². The number of benzene rings is 1. The van der Waals surface area contributed by atoms with E-state index in [1.165, 1.54) is 18.3 Å². The smallest absolute Gasteiger partial charge is 0.274 e. The van der Waals surface area contributed by atoms with Gasteiger partial charge in [-0.3, -0.25) is 14.9 Å². The van der Waals surface area contributed by atoms with Crippen LogP contribution in [0.5, 0.6) is 0 Å². The maximum atomic E-state index is 12.6. The van der Waals surface area contributed by atoms with Crippen LogP contribution in [0.15, 0.2) is 48.8 Å². The van der Waals surface area contributed by atoms with Crippen molar-refractivity contribution in [3.63, 3.8) is 0 Å². The number of anilines is 1. The average molecular weight is 337 g/mol. The standard InChI is InChI=1S/C17H15N5O3/c1-11-14(6-5-7-15(11)22(24)25)20-17(23)13-10-19-21(12(13)2)16-8-3-4-9-18-16/h3-10H,1-2H3,(H,20,23). The maximum Gasteiger partial charge on any atom is 0.274 e. The van der Waals surface area contributed by atoms with Crippen molar-refractivity contribution in [3.8, 4) is 5.82 Å². The second-order valence-electron chi connectivity index (χ2n) is 5.40. The average Bonchev–Trinajstić information content (AvgIpc) is 2.99. The molecule has 0 bridgehead atoms. The van der Waals surface area contributed by atoms with E-state index in [1.54, 1.807) is 42.9 Å². The summed E-state index contributed by atoms with van der Waals surface area (Å²) in [6.07, 6.45) is 3.09. The van der Waals surface area contributed by atoms with Gasteiger partial charge < -0.3 is 5.32 Å². The summed E-state index contributed by atoms with van der Waals surface area (Å²) in [6, 6.07) is 9.96. The Balaban J connectivity index is 1.90. The molecule has 0 aliphatic rings. The number of nitrogens with zero attached hydrogens (tertiary/aromatic N) is 4. The van der Waals surface area contributed by atoms with Crippen LogP contribution in [0.2, 0.25) is 0 Å². The molecular formula is C17H15N5O3. The third kappa shape index (κ3) is 3.09. The van der Waals surface area contributed by atoms with Crippen LogP contribution in [0.25, 0.3) is 5.82 Å². The maximum absolute atomic E-state index is 12.6. The van der Waals surface area contributed by atoms with E-state index < -0.39 is 4.92 Å². The van der Waals surface area contributed by atoms with Crippen molar-refractivity contribution in [2.45, 2.75) is 13.8 Å². The second-order valence-corrected chi connectivity index (χ2v) is 5.40. The Kier molecular flexibility index (Phi) is 4.25. The van der Waals surface area contributed by atoms with E-state index in [0.29, 0.717) is 28.3 Å². The van der Waals surface area contributed by atoms with Gasteiger partial charge >= 0.3 is 0 Å². The summed E-state index contributed by atoms with van der Waals surface area (Å²) < 4.78 is 1.56. The largest absolute Gasteiger partial charge is 0.321 e. The van der Waals surface area contributed by atoms with E-state index in [1.807, 2.05) is 6.07 Å². The zero-order valence-electron chi connectivity index (χ0n) is 13.6. The molecule has 0 aliphatic heterocycles. The molecule has 1 N–H and O–H groups in total. The minimum absolute atomic E-state index is 0.0429. The highest BCUT2D eigenvalue weighted by molar-refractivity contribution is 6.05. The molecule has 25 heavy (non-hydrogen) atoms. The molecule has 0 saturated carbocycles. The van der Waals surface area contributed by atoms with Crippen molar-refractivity contribution < 1.29 is 9.72 Å². The van der Waals surface area contributed by atoms with E-state index in [2.05, 4.69) is 15.4 Å². The van der Waals surface area contributed by atoms with Gasteiger partial charge in [0.2, 0.25) is 0 Å². The molecule has 2 heterocycles. The molecule has 126 valence electrons. The Labute approximate surface area is 143 Å². The highest BCUT2D eigenvalue weighted by Gasteiger charge is 2.19. The van der Waals surface area contributed by atoms with Gasteiger partial charge in [-0.25, -0.2) is 9.67 Å². The Morgan fingerprint density at radius 2 is 2.00 bits per heavy atom. The van der Waals surface area contributed by atoms with Crippen molar-refractivity contribution in [3.05, 3.63) is 75.7 Å². The van der Waals surface area contributed by atoms with Gasteiger partial charge in [0.1, 0.15) is 0 Å². The molecule has 1 amide bonds. The summed E-state index contributed by atoms with van der Waals surface area (Å²) in [4.78, 5) is 27.3. The van der Waals surface area contributed by atoms with Crippen LogP contribution in [-0.4, -0.2) is 25.6 Å². The molecule has 2 aromatic heterocycles. The Bertz CT molecular complexity index is 950. The number of carbonyl (C=O) groups is 1. The van der Waals surface area contributed by atoms with Crippen LogP contribution in [-0.2, 0) is 0 Å². The van der Waals surface area contributed by atoms with Gasteiger partial charge in [0.15, 0.2) is 5.82 Å². The minimum Gasteiger partial charge on any atom is -0.321 e. The molecule has 0 aliphatic carbocycles. The molecule has 0 fully saturated rings. The van der Waals surface area contributed by atoms with Gasteiger partial charge in [-0.2, -0.15) is 5.10 Å². The molecule has 8 heteroatoms. The normalized spacial score (nSPS) is 10.5. The van der Waals surface area contributed by atoms with E-state index in [-0.39, 0.29) is 11.6 Å². The Hall–Kier alpha value is -3.55. The monoisotopic (exact) mass is 337 g/mol. The molecule has 0 unspecified atom stereocenters. The molecule has 3 aromatic rings. The van der Waals surface area contributed by atoms with Crippen LogP contribution in [0.4, 0.5) is 11.4 Å². The first-order valence-electron chi connectivity index (χ1n) is 7.50. The van der Waals surface area contributed by atoms with Crippen LogP contribution in [0, 0.1) is 24.0 Å². The van der Waals surface area contributed by atoms with Gasteiger partial charge in [-0.05, 0) is 32.0 Å². The van der Waals surface area contributed by atoms with Crippen LogP contribution < -0.4 is 5.32 Å². The van der Waals surface area contributed by atoms with Gasteiger partial charge in [0.25, 0.3) is 11.6 Å². The fraction of sp³-hybridized carbons (Fsp3) is 0.118. The molecule has 8 nitrogen and oxygen atoms in total. The quantitative estimate of drug-likeness (QED) is 0.582. The van der Waals surface area contributed by atoms with Crippen LogP contribution >= 0.6 is 0 Å². The van der Waals surface area contributed by atoms with Gasteiger partial charge in [0.05, 0.1) is 33.6 Å². The molecule has 0 radical (unpaired) electrons. The van der Waals surface area contributed by atoms with Crippen molar-refractivity contribution in [1.82, 2.24) is 14.8 Å². The minimum atomic E-state index is -0.477. The summed E-state index contributed by atoms with van der Waals surface area (Å²) in [7, 11) is 0. The lowest BCUT2D eigenvalue weighted by atomic mass is 10.1. The number of rotatable bonds is 4. The zero-order chi connectivity index (χ0) is 18.0. The first-order valence-corrected chi connectivity index (χ1v) is 7.50. The number of amides is 1. The summed E-state index contributed by atoms with van der Waals surface area (Å²) >= 11 is 0. The van der Waals surface area contributed by atoms with Gasteiger partial charge in [-0.15, -0.1) is 0 Å². The van der Waals surface area contributed by atoms with Crippen LogP contribution in [0.3, 0.4) is 0 Å². The number of aromatic nitrogens is 3. The van der Waals surface area contributed by atoms with E-state index in [4.69, 9.17) is 0 Å². The predicted octanol–water partition coefficient (Wildman–Crippen LogP) is 3.04. The number of nitro groups is 1. The van der Waals surface area contributed by atoms with Crippen molar-refractivity contribution >= 4 is 17.3 Å². The Morgan fingerprint density at radius 1 is 1.20 bits per heavy atom. The summed E-state index contributed by atoms with van der Waals surface area (Å²) in [6.45, 7) is 3.36. The topological polar surface area (TPSA) is 103 Å². The first kappa shape index (κ1) is 16.3. The SMILES string of the molecule is Cc1c(NC(=O)c2cnn(-c3ccccn3)c2C)cccc1[N+](=O)[O-]. The van der Waals surface area contributed by atoms with E-state index in [9.17, 15) is 14.9 Å². The Morgan fingerprint density at radius 3 is 2.68 bits per heavy atom. The number of pyridine rings is 1. The number of hydrogen-bond donors (Lipinski definition) is 1. The fourth-order valence-electron chi connectivity index (χ4n) is 2.49. The third-order valence-corrected chi connectivity index (χ3v) is 3.87.